The van der Waals surface area contributed by atoms with Gasteiger partial charge in [0.2, 0.25) is 5.91 Å². The quantitative estimate of drug-likeness (QED) is 0.726. The highest BCUT2D eigenvalue weighted by Gasteiger charge is 2.30. The van der Waals surface area contributed by atoms with Crippen LogP contribution in [0.15, 0.2) is 24.3 Å². The molecule has 1 saturated heterocycles. The molecule has 0 bridgehead atoms. The van der Waals surface area contributed by atoms with Crippen LogP contribution in [-0.4, -0.2) is 24.0 Å². The summed E-state index contributed by atoms with van der Waals surface area (Å²) >= 11 is 0. The first-order chi connectivity index (χ1) is 11.8. The molecule has 1 atom stereocenters. The molecule has 1 aliphatic carbocycles. The molecule has 1 saturated carbocycles. The Morgan fingerprint density at radius 3 is 2.54 bits per heavy atom. The van der Waals surface area contributed by atoms with Crippen LogP contribution in [0.3, 0.4) is 0 Å². The van der Waals surface area contributed by atoms with E-state index in [2.05, 4.69) is 17.0 Å². The SMILES string of the molecule is CCOc1ccc(C2CCCN2C(=O)CCC2CCCCC2)cc1. The predicted octanol–water partition coefficient (Wildman–Crippen LogP) is 5.11. The van der Waals surface area contributed by atoms with Crippen LogP contribution in [0.4, 0.5) is 0 Å². The normalized spacial score (nSPS) is 21.9. The van der Waals surface area contributed by atoms with Gasteiger partial charge in [-0.15, -0.1) is 0 Å². The molecule has 2 fully saturated rings. The predicted molar refractivity (Wildman–Crippen MR) is 97.1 cm³/mol. The van der Waals surface area contributed by atoms with Crippen molar-refractivity contribution in [3.8, 4) is 5.75 Å². The van der Waals surface area contributed by atoms with Crippen LogP contribution in [0.2, 0.25) is 0 Å². The first kappa shape index (κ1) is 17.3. The molecule has 0 spiro atoms. The smallest absolute Gasteiger partial charge is 0.223 e. The number of hydrogen-bond donors (Lipinski definition) is 0. The fraction of sp³-hybridized carbons (Fsp3) is 0.667. The maximum atomic E-state index is 12.7. The molecule has 3 heteroatoms. The summed E-state index contributed by atoms with van der Waals surface area (Å²) in [6.07, 6.45) is 10.8. The number of likely N-dealkylation sites (tertiary alicyclic amines) is 1. The number of rotatable bonds is 6. The van der Waals surface area contributed by atoms with Crippen LogP contribution in [0, 0.1) is 5.92 Å². The van der Waals surface area contributed by atoms with Gasteiger partial charge in [0.1, 0.15) is 5.75 Å². The van der Waals surface area contributed by atoms with Gasteiger partial charge in [-0.1, -0.05) is 44.2 Å². The highest BCUT2D eigenvalue weighted by atomic mass is 16.5. The van der Waals surface area contributed by atoms with E-state index in [0.29, 0.717) is 12.5 Å². The minimum Gasteiger partial charge on any atom is -0.494 e. The molecular weight excluding hydrogens is 298 g/mol. The molecule has 1 aromatic rings. The zero-order valence-corrected chi connectivity index (χ0v) is 15.0. The number of hydrogen-bond acceptors (Lipinski definition) is 2. The first-order valence-corrected chi connectivity index (χ1v) is 9.80. The topological polar surface area (TPSA) is 29.5 Å². The average Bonchev–Trinajstić information content (AvgIpc) is 3.11. The molecule has 1 amide bonds. The van der Waals surface area contributed by atoms with Gasteiger partial charge in [-0.3, -0.25) is 4.79 Å². The van der Waals surface area contributed by atoms with E-state index in [9.17, 15) is 4.79 Å². The Balaban J connectivity index is 1.56. The van der Waals surface area contributed by atoms with Gasteiger partial charge in [0.05, 0.1) is 12.6 Å². The summed E-state index contributed by atoms with van der Waals surface area (Å²) in [7, 11) is 0. The molecule has 2 aliphatic rings. The van der Waals surface area contributed by atoms with Crippen molar-refractivity contribution in [3.63, 3.8) is 0 Å². The number of benzene rings is 1. The molecule has 3 nitrogen and oxygen atoms in total. The van der Waals surface area contributed by atoms with Crippen molar-refractivity contribution >= 4 is 5.91 Å². The summed E-state index contributed by atoms with van der Waals surface area (Å²) < 4.78 is 5.52. The van der Waals surface area contributed by atoms with Gasteiger partial charge in [0, 0.05) is 13.0 Å². The molecule has 24 heavy (non-hydrogen) atoms. The highest BCUT2D eigenvalue weighted by molar-refractivity contribution is 5.77. The van der Waals surface area contributed by atoms with Crippen LogP contribution in [0.25, 0.3) is 0 Å². The lowest BCUT2D eigenvalue weighted by molar-refractivity contribution is -0.132. The van der Waals surface area contributed by atoms with Crippen LogP contribution in [0.1, 0.15) is 76.3 Å². The summed E-state index contributed by atoms with van der Waals surface area (Å²) in [6, 6.07) is 8.58. The van der Waals surface area contributed by atoms with Gasteiger partial charge < -0.3 is 9.64 Å². The maximum absolute atomic E-state index is 12.7. The highest BCUT2D eigenvalue weighted by Crippen LogP contribution is 2.34. The number of carbonyl (C=O) groups excluding carboxylic acids is 1. The van der Waals surface area contributed by atoms with Crippen LogP contribution in [0.5, 0.6) is 5.75 Å². The standard InChI is InChI=1S/C21H31NO2/c1-2-24-19-13-11-18(12-14-19)20-9-6-16-22(20)21(23)15-10-17-7-4-3-5-8-17/h11-14,17,20H,2-10,15-16H2,1H3. The molecule has 132 valence electrons. The molecule has 3 rings (SSSR count). The van der Waals surface area contributed by atoms with Crippen molar-refractivity contribution < 1.29 is 9.53 Å². The minimum absolute atomic E-state index is 0.263. The van der Waals surface area contributed by atoms with E-state index in [1.54, 1.807) is 0 Å². The Labute approximate surface area is 146 Å². The largest absolute Gasteiger partial charge is 0.494 e. The summed E-state index contributed by atoms with van der Waals surface area (Å²) in [5.41, 5.74) is 1.25. The molecule has 0 aromatic heterocycles. The molecule has 0 radical (unpaired) electrons. The summed E-state index contributed by atoms with van der Waals surface area (Å²) in [5, 5.41) is 0. The molecule has 0 N–H and O–H groups in total. The second-order valence-corrected chi connectivity index (χ2v) is 7.29. The fourth-order valence-electron chi connectivity index (χ4n) is 4.31. The van der Waals surface area contributed by atoms with E-state index in [0.717, 1.165) is 43.9 Å². The van der Waals surface area contributed by atoms with Crippen molar-refractivity contribution in [2.45, 2.75) is 70.8 Å². The zero-order valence-electron chi connectivity index (χ0n) is 15.0. The third-order valence-electron chi connectivity index (χ3n) is 5.64. The number of carbonyl (C=O) groups is 1. The monoisotopic (exact) mass is 329 g/mol. The molecule has 1 unspecified atom stereocenters. The number of amides is 1. The zero-order chi connectivity index (χ0) is 16.8. The lowest BCUT2D eigenvalue weighted by Crippen LogP contribution is -2.30. The average molecular weight is 329 g/mol. The Morgan fingerprint density at radius 1 is 1.08 bits per heavy atom. The van der Waals surface area contributed by atoms with Crippen molar-refractivity contribution in [2.24, 2.45) is 5.92 Å². The van der Waals surface area contributed by atoms with Crippen molar-refractivity contribution in [1.29, 1.82) is 0 Å². The second kappa shape index (κ2) is 8.55. The fourth-order valence-corrected chi connectivity index (χ4v) is 4.31. The Hall–Kier alpha value is -1.51. The first-order valence-electron chi connectivity index (χ1n) is 9.80. The Kier molecular flexibility index (Phi) is 6.17. The van der Waals surface area contributed by atoms with E-state index in [1.807, 2.05) is 19.1 Å². The number of ether oxygens (including phenoxy) is 1. The van der Waals surface area contributed by atoms with Gasteiger partial charge >= 0.3 is 0 Å². The second-order valence-electron chi connectivity index (χ2n) is 7.29. The van der Waals surface area contributed by atoms with Gasteiger partial charge in [-0.2, -0.15) is 0 Å². The van der Waals surface area contributed by atoms with Crippen molar-refractivity contribution in [1.82, 2.24) is 4.90 Å². The summed E-state index contributed by atoms with van der Waals surface area (Å²) in [5.74, 6) is 2.06. The lowest BCUT2D eigenvalue weighted by atomic mass is 9.86. The van der Waals surface area contributed by atoms with Gasteiger partial charge in [0.15, 0.2) is 0 Å². The Bertz CT molecular complexity index is 519. The van der Waals surface area contributed by atoms with Gasteiger partial charge in [-0.05, 0) is 49.8 Å². The molecular formula is C21H31NO2. The van der Waals surface area contributed by atoms with E-state index in [4.69, 9.17) is 4.74 Å². The third kappa shape index (κ3) is 4.31. The number of nitrogens with zero attached hydrogens (tertiary/aromatic N) is 1. The molecule has 1 heterocycles. The van der Waals surface area contributed by atoms with Gasteiger partial charge in [-0.25, -0.2) is 0 Å². The van der Waals surface area contributed by atoms with E-state index in [-0.39, 0.29) is 6.04 Å². The summed E-state index contributed by atoms with van der Waals surface area (Å²) in [4.78, 5) is 14.9. The van der Waals surface area contributed by atoms with Crippen LogP contribution < -0.4 is 4.74 Å². The third-order valence-corrected chi connectivity index (χ3v) is 5.64. The van der Waals surface area contributed by atoms with Crippen LogP contribution in [-0.2, 0) is 4.79 Å². The van der Waals surface area contributed by atoms with E-state index in [1.165, 1.54) is 37.7 Å². The van der Waals surface area contributed by atoms with Crippen molar-refractivity contribution in [2.75, 3.05) is 13.2 Å². The van der Waals surface area contributed by atoms with Gasteiger partial charge in [0.25, 0.3) is 0 Å². The van der Waals surface area contributed by atoms with Crippen molar-refractivity contribution in [3.05, 3.63) is 29.8 Å². The maximum Gasteiger partial charge on any atom is 0.223 e. The minimum atomic E-state index is 0.263. The summed E-state index contributed by atoms with van der Waals surface area (Å²) in [6.45, 7) is 3.60. The lowest BCUT2D eigenvalue weighted by Gasteiger charge is -2.27. The molecule has 1 aliphatic heterocycles. The van der Waals surface area contributed by atoms with E-state index >= 15 is 0 Å². The molecule has 1 aromatic carbocycles. The van der Waals surface area contributed by atoms with Crippen LogP contribution >= 0.6 is 0 Å². The Morgan fingerprint density at radius 2 is 1.83 bits per heavy atom. The van der Waals surface area contributed by atoms with E-state index < -0.39 is 0 Å².